The Bertz CT molecular complexity index is 1950. The van der Waals surface area contributed by atoms with E-state index in [1.54, 1.807) is 0 Å². The van der Waals surface area contributed by atoms with E-state index in [-0.39, 0.29) is 55.7 Å². The SMILES string of the molecule is CCCCCCCC#CCCCCC(=O)OCC(C(=O)O[C@H]1C[C@H]2CC[C@@H](C1)N2C)c1ccc(CCCCC(C)/C=C/CCC(=O)OCC(C(=O)O[C@H]2C[C@H]3CC[C@@H](C2)N3C)c2ccccc2)cc1. The summed E-state index contributed by atoms with van der Waals surface area (Å²) in [6.07, 6.45) is 26.8. The maximum Gasteiger partial charge on any atom is 0.317 e. The van der Waals surface area contributed by atoms with E-state index in [2.05, 4.69) is 73.9 Å². The number of esters is 4. The van der Waals surface area contributed by atoms with Crippen molar-refractivity contribution in [3.05, 3.63) is 83.4 Å². The zero-order valence-corrected chi connectivity index (χ0v) is 42.6. The van der Waals surface area contributed by atoms with Gasteiger partial charge in [-0.1, -0.05) is 113 Å². The van der Waals surface area contributed by atoms with Gasteiger partial charge in [-0.05, 0) is 133 Å². The molecule has 0 amide bonds. The number of carbonyl (C=O) groups excluding carboxylic acids is 4. The van der Waals surface area contributed by atoms with Gasteiger partial charge in [0.15, 0.2) is 0 Å². The largest absolute Gasteiger partial charge is 0.464 e. The van der Waals surface area contributed by atoms with Gasteiger partial charge in [-0.2, -0.15) is 0 Å². The van der Waals surface area contributed by atoms with E-state index in [4.69, 9.17) is 18.9 Å². The fourth-order valence-corrected chi connectivity index (χ4v) is 11.0. The number of ether oxygens (including phenoxy) is 4. The van der Waals surface area contributed by atoms with Gasteiger partial charge in [0.1, 0.15) is 37.3 Å². The van der Waals surface area contributed by atoms with Crippen LogP contribution in [0.25, 0.3) is 0 Å². The molecule has 4 saturated heterocycles. The molecule has 0 N–H and O–H groups in total. The molecule has 4 heterocycles. The molecule has 3 unspecified atom stereocenters. The first-order valence-electron chi connectivity index (χ1n) is 27.0. The van der Waals surface area contributed by atoms with Crippen molar-refractivity contribution in [2.75, 3.05) is 27.3 Å². The molecule has 9 atom stereocenters. The van der Waals surface area contributed by atoms with Gasteiger partial charge in [-0.15, -0.1) is 11.8 Å². The highest BCUT2D eigenvalue weighted by Crippen LogP contribution is 2.37. The highest BCUT2D eigenvalue weighted by atomic mass is 16.6. The highest BCUT2D eigenvalue weighted by Gasteiger charge is 2.42. The van der Waals surface area contributed by atoms with Crippen LogP contribution in [0.2, 0.25) is 0 Å². The van der Waals surface area contributed by atoms with Crippen molar-refractivity contribution in [1.82, 2.24) is 9.80 Å². The quantitative estimate of drug-likeness (QED) is 0.0269. The van der Waals surface area contributed by atoms with E-state index in [1.165, 1.54) is 31.2 Å². The van der Waals surface area contributed by atoms with E-state index in [0.717, 1.165) is 120 Å². The normalized spacial score (nSPS) is 23.4. The van der Waals surface area contributed by atoms with E-state index in [9.17, 15) is 19.2 Å². The molecule has 4 fully saturated rings. The van der Waals surface area contributed by atoms with Crippen LogP contribution in [0.15, 0.2) is 66.7 Å². The van der Waals surface area contributed by atoms with Gasteiger partial charge in [0.25, 0.3) is 0 Å². The van der Waals surface area contributed by atoms with Gasteiger partial charge in [-0.25, -0.2) is 0 Å². The molecule has 10 nitrogen and oxygen atoms in total. The number of unbranched alkanes of at least 4 members (excludes halogenated alkanes) is 8. The van der Waals surface area contributed by atoms with Crippen molar-refractivity contribution in [1.29, 1.82) is 0 Å². The Kier molecular flexibility index (Phi) is 22.7. The second-order valence-electron chi connectivity index (χ2n) is 20.7. The molecule has 0 radical (unpaired) electrons. The molecule has 0 saturated carbocycles. The molecule has 4 bridgehead atoms. The average molecular weight is 949 g/mol. The van der Waals surface area contributed by atoms with Crippen molar-refractivity contribution in [3.8, 4) is 11.8 Å². The van der Waals surface area contributed by atoms with Crippen molar-refractivity contribution in [2.45, 2.75) is 216 Å². The summed E-state index contributed by atoms with van der Waals surface area (Å²) in [7, 11) is 4.35. The molecule has 4 aliphatic heterocycles. The van der Waals surface area contributed by atoms with Crippen LogP contribution in [0.3, 0.4) is 0 Å². The van der Waals surface area contributed by atoms with Gasteiger partial charge in [0.2, 0.25) is 0 Å². The highest BCUT2D eigenvalue weighted by molar-refractivity contribution is 5.80. The molecule has 0 aromatic heterocycles. The Morgan fingerprint density at radius 1 is 0.623 bits per heavy atom. The van der Waals surface area contributed by atoms with Crippen LogP contribution >= 0.6 is 0 Å². The van der Waals surface area contributed by atoms with Gasteiger partial charge in [0.05, 0.1) is 0 Å². The minimum Gasteiger partial charge on any atom is -0.464 e. The number of carbonyl (C=O) groups is 4. The van der Waals surface area contributed by atoms with Gasteiger partial charge in [-0.3, -0.25) is 19.2 Å². The summed E-state index contributed by atoms with van der Waals surface area (Å²) in [6, 6.07) is 19.5. The number of aryl methyl sites for hydroxylation is 1. The van der Waals surface area contributed by atoms with E-state index in [0.29, 0.717) is 42.9 Å². The number of rotatable bonds is 28. The zero-order valence-electron chi connectivity index (χ0n) is 42.6. The van der Waals surface area contributed by atoms with Gasteiger partial charge in [0, 0.05) is 49.9 Å². The van der Waals surface area contributed by atoms with Crippen LogP contribution in [-0.2, 0) is 44.5 Å². The third kappa shape index (κ3) is 17.7. The average Bonchev–Trinajstić information content (AvgIpc) is 3.65. The van der Waals surface area contributed by atoms with Crippen molar-refractivity contribution in [3.63, 3.8) is 0 Å². The number of benzene rings is 2. The Hall–Kier alpha value is -4.46. The Balaban J connectivity index is 0.887. The fraction of sp³-hybridized carbons (Fsp3) is 0.661. The standard InChI is InChI=1S/C59H84N2O8/c1-5-6-7-8-9-10-11-12-13-14-18-28-56(62)67-43-55(59(65)69-53-40-50-36-37-51(41-53)61(50)4)47-32-30-45(31-33-47)25-21-19-23-44(2)24-20-22-29-57(63)66-42-54(46-26-16-15-17-27-46)58(64)68-52-38-48-34-35-49(39-52)60(48)3/h15-17,20,24,26-27,30-33,44,48-55H,5-10,13-14,18-19,21-23,25,28-29,34-43H2,1-4H3/b24-20+/t44?,48-,49+,50-,51+,52+,53+,54?,55?. The Morgan fingerprint density at radius 2 is 1.13 bits per heavy atom. The summed E-state index contributed by atoms with van der Waals surface area (Å²) >= 11 is 0. The first-order valence-corrected chi connectivity index (χ1v) is 27.0. The molecule has 10 heteroatoms. The maximum atomic E-state index is 13.8. The molecule has 6 rings (SSSR count). The second kappa shape index (κ2) is 29.0. The lowest BCUT2D eigenvalue weighted by molar-refractivity contribution is -0.159. The number of hydrogen-bond acceptors (Lipinski definition) is 10. The molecular weight excluding hydrogens is 865 g/mol. The summed E-state index contributed by atoms with van der Waals surface area (Å²) in [5.41, 5.74) is 2.81. The van der Waals surface area contributed by atoms with Crippen LogP contribution in [0.1, 0.15) is 190 Å². The lowest BCUT2D eigenvalue weighted by atomic mass is 9.95. The molecule has 0 aliphatic carbocycles. The molecule has 2 aromatic carbocycles. The number of piperidine rings is 2. The summed E-state index contributed by atoms with van der Waals surface area (Å²) in [4.78, 5) is 57.8. The second-order valence-corrected chi connectivity index (χ2v) is 20.7. The fourth-order valence-electron chi connectivity index (χ4n) is 11.0. The molecular formula is C59H84N2O8. The zero-order chi connectivity index (χ0) is 48.8. The van der Waals surface area contributed by atoms with Crippen LogP contribution in [0, 0.1) is 17.8 Å². The summed E-state index contributed by atoms with van der Waals surface area (Å²) in [5.74, 6) is 4.36. The predicted molar refractivity (Wildman–Crippen MR) is 272 cm³/mol. The van der Waals surface area contributed by atoms with Gasteiger partial charge >= 0.3 is 23.9 Å². The monoisotopic (exact) mass is 949 g/mol. The van der Waals surface area contributed by atoms with Crippen molar-refractivity contribution >= 4 is 23.9 Å². The topological polar surface area (TPSA) is 112 Å². The van der Waals surface area contributed by atoms with Gasteiger partial charge < -0.3 is 28.7 Å². The first-order chi connectivity index (χ1) is 33.6. The third-order valence-electron chi connectivity index (χ3n) is 15.5. The first kappa shape index (κ1) is 53.9. The molecule has 69 heavy (non-hydrogen) atoms. The predicted octanol–water partition coefficient (Wildman–Crippen LogP) is 11.6. The van der Waals surface area contributed by atoms with E-state index in [1.807, 2.05) is 42.5 Å². The summed E-state index contributed by atoms with van der Waals surface area (Å²) in [6.45, 7) is 4.38. The maximum absolute atomic E-state index is 13.8. The number of allylic oxidation sites excluding steroid dienone is 2. The molecule has 2 aromatic rings. The minimum absolute atomic E-state index is 0.0224. The Labute approximate surface area is 415 Å². The molecule has 4 aliphatic rings. The van der Waals surface area contributed by atoms with Crippen molar-refractivity contribution < 1.29 is 38.1 Å². The summed E-state index contributed by atoms with van der Waals surface area (Å²) < 4.78 is 23.7. The van der Waals surface area contributed by atoms with Crippen molar-refractivity contribution in [2.24, 2.45) is 5.92 Å². The lowest BCUT2D eigenvalue weighted by Gasteiger charge is -2.36. The van der Waals surface area contributed by atoms with Crippen LogP contribution in [0.4, 0.5) is 0 Å². The van der Waals surface area contributed by atoms with E-state index >= 15 is 0 Å². The summed E-state index contributed by atoms with van der Waals surface area (Å²) in [5, 5.41) is 0. The number of fused-ring (bicyclic) bond motifs is 4. The van der Waals surface area contributed by atoms with Crippen LogP contribution in [0.5, 0.6) is 0 Å². The van der Waals surface area contributed by atoms with E-state index < -0.39 is 11.8 Å². The van der Waals surface area contributed by atoms with Crippen LogP contribution < -0.4 is 0 Å². The molecule has 378 valence electrons. The lowest BCUT2D eigenvalue weighted by Crippen LogP contribution is -2.44. The van der Waals surface area contributed by atoms with Crippen LogP contribution in [-0.4, -0.2) is 97.4 Å². The minimum atomic E-state index is -0.670. The smallest absolute Gasteiger partial charge is 0.317 e. The number of nitrogens with zero attached hydrogens (tertiary/aromatic N) is 2. The molecule has 0 spiro atoms. The Morgan fingerprint density at radius 3 is 1.68 bits per heavy atom. The number of hydrogen-bond donors (Lipinski definition) is 0. The third-order valence-corrected chi connectivity index (χ3v) is 15.5.